The lowest BCUT2D eigenvalue weighted by atomic mass is 10.00. The minimum absolute atomic E-state index is 0.00463. The van der Waals surface area contributed by atoms with Crippen LogP contribution in [0.3, 0.4) is 0 Å². The molecule has 2 aromatic rings. The number of imidazole rings is 1. The molecule has 0 saturated heterocycles. The summed E-state index contributed by atoms with van der Waals surface area (Å²) in [4.78, 5) is 18.3. The van der Waals surface area contributed by atoms with E-state index in [1.165, 1.54) is 22.3 Å². The van der Waals surface area contributed by atoms with Crippen molar-refractivity contribution in [1.29, 1.82) is 0 Å². The predicted molar refractivity (Wildman–Crippen MR) is 93.3 cm³/mol. The van der Waals surface area contributed by atoms with Gasteiger partial charge < -0.3 is 9.47 Å². The Morgan fingerprint density at radius 3 is 2.39 bits per heavy atom. The number of rotatable bonds is 5. The van der Waals surface area contributed by atoms with Crippen LogP contribution in [0.1, 0.15) is 41.9 Å². The second-order valence-electron chi connectivity index (χ2n) is 6.70. The number of aromatic nitrogens is 2. The molecule has 0 atom stereocenters. The van der Waals surface area contributed by atoms with Gasteiger partial charge in [0.05, 0.1) is 6.54 Å². The zero-order chi connectivity index (χ0) is 17.1. The van der Waals surface area contributed by atoms with Crippen LogP contribution < -0.4 is 0 Å². The van der Waals surface area contributed by atoms with Gasteiger partial charge in [-0.25, -0.2) is 4.98 Å². The van der Waals surface area contributed by atoms with E-state index < -0.39 is 0 Å². The summed E-state index contributed by atoms with van der Waals surface area (Å²) in [7, 11) is 1.84. The third kappa shape index (κ3) is 4.01. The molecule has 1 amide bonds. The van der Waals surface area contributed by atoms with Crippen LogP contribution in [-0.4, -0.2) is 27.4 Å². The van der Waals surface area contributed by atoms with Crippen molar-refractivity contribution >= 4 is 5.91 Å². The minimum Gasteiger partial charge on any atom is -0.338 e. The van der Waals surface area contributed by atoms with Crippen molar-refractivity contribution in [2.24, 2.45) is 5.92 Å². The van der Waals surface area contributed by atoms with Crippen LogP contribution in [0, 0.1) is 26.7 Å². The van der Waals surface area contributed by atoms with Crippen LogP contribution in [-0.2, 0) is 17.9 Å². The van der Waals surface area contributed by atoms with E-state index in [1.54, 1.807) is 4.90 Å². The van der Waals surface area contributed by atoms with Crippen molar-refractivity contribution in [1.82, 2.24) is 14.5 Å². The summed E-state index contributed by atoms with van der Waals surface area (Å²) in [5.41, 5.74) is 5.21. The molecule has 23 heavy (non-hydrogen) atoms. The molecule has 0 unspecified atom stereocenters. The molecular formula is C19H27N3O. The zero-order valence-electron chi connectivity index (χ0n) is 15.1. The van der Waals surface area contributed by atoms with Crippen LogP contribution in [0.15, 0.2) is 24.5 Å². The second-order valence-corrected chi connectivity index (χ2v) is 6.70. The average Bonchev–Trinajstić information content (AvgIpc) is 2.88. The van der Waals surface area contributed by atoms with E-state index in [0.29, 0.717) is 6.54 Å². The fourth-order valence-corrected chi connectivity index (χ4v) is 3.00. The van der Waals surface area contributed by atoms with Gasteiger partial charge in [0.1, 0.15) is 5.82 Å². The minimum atomic E-state index is 0.00463. The first-order valence-corrected chi connectivity index (χ1v) is 8.11. The van der Waals surface area contributed by atoms with Gasteiger partial charge in [-0.3, -0.25) is 4.79 Å². The summed E-state index contributed by atoms with van der Waals surface area (Å²) in [5, 5.41) is 0. The van der Waals surface area contributed by atoms with Crippen LogP contribution in [0.25, 0.3) is 0 Å². The van der Waals surface area contributed by atoms with E-state index in [9.17, 15) is 4.79 Å². The van der Waals surface area contributed by atoms with Crippen LogP contribution in [0.5, 0.6) is 0 Å². The Kier molecular flexibility index (Phi) is 5.24. The van der Waals surface area contributed by atoms with Gasteiger partial charge in [-0.2, -0.15) is 0 Å². The third-order valence-corrected chi connectivity index (χ3v) is 4.22. The quantitative estimate of drug-likeness (QED) is 0.847. The maximum atomic E-state index is 12.1. The van der Waals surface area contributed by atoms with E-state index in [1.807, 2.05) is 33.3 Å². The van der Waals surface area contributed by atoms with Gasteiger partial charge in [-0.1, -0.05) is 31.5 Å². The van der Waals surface area contributed by atoms with Gasteiger partial charge in [-0.05, 0) is 37.5 Å². The molecule has 0 radical (unpaired) electrons. The molecule has 0 bridgehead atoms. The standard InChI is InChI=1S/C19H27N3O/c1-13(2)19(23)21(6)12-18-20-7-8-22(18)11-17-15(4)9-14(3)10-16(17)5/h7-10,13H,11-12H2,1-6H3. The Bertz CT molecular complexity index is 677. The molecule has 1 aromatic heterocycles. The lowest BCUT2D eigenvalue weighted by molar-refractivity contribution is -0.133. The summed E-state index contributed by atoms with van der Waals surface area (Å²) in [6.07, 6.45) is 3.80. The predicted octanol–water partition coefficient (Wildman–Crippen LogP) is 3.47. The number of amides is 1. The molecule has 4 heteroatoms. The number of carbonyl (C=O) groups is 1. The maximum Gasteiger partial charge on any atom is 0.225 e. The monoisotopic (exact) mass is 313 g/mol. The highest BCUT2D eigenvalue weighted by Gasteiger charge is 2.16. The van der Waals surface area contributed by atoms with Gasteiger partial charge in [0.25, 0.3) is 0 Å². The highest BCUT2D eigenvalue weighted by atomic mass is 16.2. The Balaban J connectivity index is 2.21. The Morgan fingerprint density at radius 2 is 1.83 bits per heavy atom. The second kappa shape index (κ2) is 6.99. The van der Waals surface area contributed by atoms with Gasteiger partial charge in [0.2, 0.25) is 5.91 Å². The van der Waals surface area contributed by atoms with Crippen molar-refractivity contribution in [2.45, 2.75) is 47.7 Å². The van der Waals surface area contributed by atoms with Crippen molar-refractivity contribution < 1.29 is 4.79 Å². The first-order chi connectivity index (χ1) is 10.8. The molecule has 0 fully saturated rings. The molecule has 0 aliphatic heterocycles. The summed E-state index contributed by atoms with van der Waals surface area (Å²) in [6, 6.07) is 4.43. The Morgan fingerprint density at radius 1 is 1.22 bits per heavy atom. The molecule has 0 aliphatic rings. The largest absolute Gasteiger partial charge is 0.338 e. The fourth-order valence-electron chi connectivity index (χ4n) is 3.00. The third-order valence-electron chi connectivity index (χ3n) is 4.22. The Labute approximate surface area is 139 Å². The van der Waals surface area contributed by atoms with E-state index in [0.717, 1.165) is 12.4 Å². The normalized spacial score (nSPS) is 11.1. The van der Waals surface area contributed by atoms with Crippen molar-refractivity contribution in [3.8, 4) is 0 Å². The molecule has 1 heterocycles. The number of aryl methyl sites for hydroxylation is 3. The van der Waals surface area contributed by atoms with Crippen molar-refractivity contribution in [2.75, 3.05) is 7.05 Å². The van der Waals surface area contributed by atoms with Gasteiger partial charge in [0.15, 0.2) is 0 Å². The van der Waals surface area contributed by atoms with Gasteiger partial charge in [0, 0.05) is 31.9 Å². The summed E-state index contributed by atoms with van der Waals surface area (Å²) >= 11 is 0. The van der Waals surface area contributed by atoms with Gasteiger partial charge >= 0.3 is 0 Å². The van der Waals surface area contributed by atoms with E-state index in [4.69, 9.17) is 0 Å². The lowest BCUT2D eigenvalue weighted by Crippen LogP contribution is -2.31. The zero-order valence-corrected chi connectivity index (χ0v) is 15.1. The topological polar surface area (TPSA) is 38.1 Å². The van der Waals surface area contributed by atoms with E-state index >= 15 is 0 Å². The average molecular weight is 313 g/mol. The maximum absolute atomic E-state index is 12.1. The summed E-state index contributed by atoms with van der Waals surface area (Å²) in [5.74, 6) is 1.06. The molecule has 4 nitrogen and oxygen atoms in total. The van der Waals surface area contributed by atoms with E-state index in [-0.39, 0.29) is 11.8 Å². The fraction of sp³-hybridized carbons (Fsp3) is 0.474. The molecule has 0 aliphatic carbocycles. The SMILES string of the molecule is Cc1cc(C)c(Cn2ccnc2CN(C)C(=O)C(C)C)c(C)c1. The molecule has 124 valence electrons. The number of nitrogens with zero attached hydrogens (tertiary/aromatic N) is 3. The van der Waals surface area contributed by atoms with E-state index in [2.05, 4.69) is 42.5 Å². The van der Waals surface area contributed by atoms with Crippen LogP contribution in [0.4, 0.5) is 0 Å². The molecular weight excluding hydrogens is 286 g/mol. The highest BCUT2D eigenvalue weighted by molar-refractivity contribution is 5.77. The first kappa shape index (κ1) is 17.3. The molecule has 0 spiro atoms. The molecule has 2 rings (SSSR count). The molecule has 0 saturated carbocycles. The molecule has 0 N–H and O–H groups in total. The number of hydrogen-bond acceptors (Lipinski definition) is 2. The summed E-state index contributed by atoms with van der Waals surface area (Å²) in [6.45, 7) is 11.6. The smallest absolute Gasteiger partial charge is 0.225 e. The number of benzene rings is 1. The van der Waals surface area contributed by atoms with Crippen LogP contribution in [0.2, 0.25) is 0 Å². The number of hydrogen-bond donors (Lipinski definition) is 0. The summed E-state index contributed by atoms with van der Waals surface area (Å²) < 4.78 is 2.13. The first-order valence-electron chi connectivity index (χ1n) is 8.11. The number of carbonyl (C=O) groups excluding carboxylic acids is 1. The highest BCUT2D eigenvalue weighted by Crippen LogP contribution is 2.18. The molecule has 1 aromatic carbocycles. The van der Waals surface area contributed by atoms with Gasteiger partial charge in [-0.15, -0.1) is 0 Å². The van der Waals surface area contributed by atoms with Crippen molar-refractivity contribution in [3.05, 3.63) is 52.6 Å². The Hall–Kier alpha value is -2.10. The van der Waals surface area contributed by atoms with Crippen LogP contribution >= 0.6 is 0 Å². The lowest BCUT2D eigenvalue weighted by Gasteiger charge is -2.20. The van der Waals surface area contributed by atoms with Crippen molar-refractivity contribution in [3.63, 3.8) is 0 Å².